The highest BCUT2D eigenvalue weighted by molar-refractivity contribution is 5.72. The number of aromatic nitrogens is 2. The highest BCUT2D eigenvalue weighted by atomic mass is 15.1. The molecule has 0 atom stereocenters. The van der Waals surface area contributed by atoms with Crippen molar-refractivity contribution in [3.8, 4) is 28.3 Å². The van der Waals surface area contributed by atoms with Crippen molar-refractivity contribution in [2.24, 2.45) is 0 Å². The molecule has 1 heterocycles. The van der Waals surface area contributed by atoms with Crippen LogP contribution in [0.5, 0.6) is 0 Å². The van der Waals surface area contributed by atoms with Crippen LogP contribution >= 0.6 is 0 Å². The molecule has 0 bridgehead atoms. The summed E-state index contributed by atoms with van der Waals surface area (Å²) in [5.41, 5.74) is 5.58. The molecule has 0 saturated carbocycles. The van der Waals surface area contributed by atoms with Gasteiger partial charge in [-0.1, -0.05) is 78.9 Å². The van der Waals surface area contributed by atoms with Gasteiger partial charge >= 0.3 is 0 Å². The summed E-state index contributed by atoms with van der Waals surface area (Å²) in [5.74, 6) is 0.971. The van der Waals surface area contributed by atoms with E-state index in [0.29, 0.717) is 0 Å². The lowest BCUT2D eigenvalue weighted by molar-refractivity contribution is 1.07. The summed E-state index contributed by atoms with van der Waals surface area (Å²) in [7, 11) is 0. The fourth-order valence-electron chi connectivity index (χ4n) is 3.07. The van der Waals surface area contributed by atoms with Gasteiger partial charge in [-0.05, 0) is 19.1 Å². The van der Waals surface area contributed by atoms with Crippen LogP contribution in [0.4, 0.5) is 0 Å². The summed E-state index contributed by atoms with van der Waals surface area (Å²) >= 11 is 0. The van der Waals surface area contributed by atoms with Crippen LogP contribution in [0.2, 0.25) is 0 Å². The predicted octanol–water partition coefficient (Wildman–Crippen LogP) is 5.51. The predicted molar refractivity (Wildman–Crippen MR) is 99.2 cm³/mol. The summed E-state index contributed by atoms with van der Waals surface area (Å²) in [4.78, 5) is 4.90. The van der Waals surface area contributed by atoms with Crippen molar-refractivity contribution >= 4 is 0 Å². The lowest BCUT2D eigenvalue weighted by Crippen LogP contribution is -2.00. The Bertz CT molecular complexity index is 939. The number of nitrogens with zero attached hydrogens (tertiary/aromatic N) is 2. The first kappa shape index (κ1) is 14.5. The van der Waals surface area contributed by atoms with Gasteiger partial charge < -0.3 is 0 Å². The molecule has 4 rings (SSSR count). The molecule has 0 amide bonds. The topological polar surface area (TPSA) is 17.8 Å². The van der Waals surface area contributed by atoms with E-state index in [4.69, 9.17) is 4.98 Å². The molecule has 0 saturated heterocycles. The van der Waals surface area contributed by atoms with E-state index < -0.39 is 0 Å². The molecule has 3 aromatic carbocycles. The zero-order chi connectivity index (χ0) is 16.4. The van der Waals surface area contributed by atoms with E-state index in [9.17, 15) is 0 Å². The van der Waals surface area contributed by atoms with Gasteiger partial charge in [0.15, 0.2) is 0 Å². The number of hydrogen-bond acceptors (Lipinski definition) is 1. The number of rotatable bonds is 3. The van der Waals surface area contributed by atoms with Crippen LogP contribution in [0, 0.1) is 6.92 Å². The molecule has 0 spiro atoms. The number of benzene rings is 3. The van der Waals surface area contributed by atoms with Gasteiger partial charge in [0.05, 0.1) is 11.4 Å². The van der Waals surface area contributed by atoms with Crippen LogP contribution in [0.3, 0.4) is 0 Å². The fourth-order valence-corrected chi connectivity index (χ4v) is 3.07. The van der Waals surface area contributed by atoms with Gasteiger partial charge in [-0.15, -0.1) is 0 Å². The minimum absolute atomic E-state index is 0.971. The first-order chi connectivity index (χ1) is 11.8. The molecular weight excluding hydrogens is 292 g/mol. The van der Waals surface area contributed by atoms with Crippen molar-refractivity contribution in [2.45, 2.75) is 6.92 Å². The van der Waals surface area contributed by atoms with Crippen LogP contribution in [0.15, 0.2) is 91.0 Å². The molecule has 0 N–H and O–H groups in total. The quantitative estimate of drug-likeness (QED) is 0.487. The van der Waals surface area contributed by atoms with Gasteiger partial charge in [-0.2, -0.15) is 0 Å². The molecule has 0 radical (unpaired) electrons. The Morgan fingerprint density at radius 2 is 1.12 bits per heavy atom. The smallest absolute Gasteiger partial charge is 0.145 e. The summed E-state index contributed by atoms with van der Waals surface area (Å²) in [6, 6.07) is 31.2. The van der Waals surface area contributed by atoms with Gasteiger partial charge in [-0.25, -0.2) is 4.98 Å². The summed E-state index contributed by atoms with van der Waals surface area (Å²) < 4.78 is 2.25. The van der Waals surface area contributed by atoms with E-state index in [2.05, 4.69) is 84.3 Å². The molecule has 116 valence electrons. The monoisotopic (exact) mass is 310 g/mol. The Balaban J connectivity index is 2.03. The maximum Gasteiger partial charge on any atom is 0.145 e. The molecule has 0 aliphatic rings. The Morgan fingerprint density at radius 1 is 0.625 bits per heavy atom. The molecule has 0 unspecified atom stereocenters. The second-order valence-electron chi connectivity index (χ2n) is 5.77. The molecule has 0 aliphatic heterocycles. The number of para-hydroxylation sites is 1. The Morgan fingerprint density at radius 3 is 1.71 bits per heavy atom. The molecule has 24 heavy (non-hydrogen) atoms. The fraction of sp³-hybridized carbons (Fsp3) is 0.0455. The molecule has 2 heteroatoms. The van der Waals surface area contributed by atoms with Gasteiger partial charge in [0.1, 0.15) is 5.82 Å². The molecule has 0 fully saturated rings. The normalized spacial score (nSPS) is 10.7. The van der Waals surface area contributed by atoms with E-state index in [-0.39, 0.29) is 0 Å². The van der Waals surface area contributed by atoms with Crippen LogP contribution in [0.1, 0.15) is 5.69 Å². The zero-order valence-electron chi connectivity index (χ0n) is 13.6. The zero-order valence-corrected chi connectivity index (χ0v) is 13.6. The molecule has 2 nitrogen and oxygen atoms in total. The van der Waals surface area contributed by atoms with Gasteiger partial charge in [0.2, 0.25) is 0 Å². The average molecular weight is 310 g/mol. The summed E-state index contributed by atoms with van der Waals surface area (Å²) in [6.07, 6.45) is 0. The van der Waals surface area contributed by atoms with E-state index >= 15 is 0 Å². The van der Waals surface area contributed by atoms with Crippen molar-refractivity contribution in [3.63, 3.8) is 0 Å². The van der Waals surface area contributed by atoms with E-state index in [1.807, 2.05) is 18.2 Å². The first-order valence-electron chi connectivity index (χ1n) is 8.10. The van der Waals surface area contributed by atoms with E-state index in [1.54, 1.807) is 0 Å². The third kappa shape index (κ3) is 2.52. The van der Waals surface area contributed by atoms with Crippen LogP contribution in [-0.4, -0.2) is 9.55 Å². The molecule has 1 aromatic heterocycles. The minimum atomic E-state index is 0.971. The number of aryl methyl sites for hydroxylation is 1. The first-order valence-corrected chi connectivity index (χ1v) is 8.10. The minimum Gasteiger partial charge on any atom is -0.292 e. The number of imidazole rings is 1. The third-order valence-electron chi connectivity index (χ3n) is 4.15. The van der Waals surface area contributed by atoms with Crippen LogP contribution in [0.25, 0.3) is 28.3 Å². The van der Waals surface area contributed by atoms with Gasteiger partial charge in [-0.3, -0.25) is 4.57 Å². The van der Waals surface area contributed by atoms with Crippen molar-refractivity contribution in [3.05, 3.63) is 96.7 Å². The second kappa shape index (κ2) is 6.17. The van der Waals surface area contributed by atoms with E-state index in [1.165, 1.54) is 5.56 Å². The second-order valence-corrected chi connectivity index (χ2v) is 5.77. The maximum absolute atomic E-state index is 4.90. The summed E-state index contributed by atoms with van der Waals surface area (Å²) in [6.45, 7) is 2.08. The highest BCUT2D eigenvalue weighted by Crippen LogP contribution is 2.32. The van der Waals surface area contributed by atoms with Gasteiger partial charge in [0.25, 0.3) is 0 Å². The van der Waals surface area contributed by atoms with Crippen molar-refractivity contribution in [1.82, 2.24) is 9.55 Å². The van der Waals surface area contributed by atoms with Gasteiger partial charge in [0, 0.05) is 16.8 Å². The Labute approximate surface area is 142 Å². The van der Waals surface area contributed by atoms with Crippen molar-refractivity contribution in [2.75, 3.05) is 0 Å². The van der Waals surface area contributed by atoms with Crippen LogP contribution in [-0.2, 0) is 0 Å². The largest absolute Gasteiger partial charge is 0.292 e. The lowest BCUT2D eigenvalue weighted by atomic mass is 10.1. The third-order valence-corrected chi connectivity index (χ3v) is 4.15. The Hall–Kier alpha value is -3.13. The summed E-state index contributed by atoms with van der Waals surface area (Å²) in [5, 5.41) is 0. The molecule has 4 aromatic rings. The highest BCUT2D eigenvalue weighted by Gasteiger charge is 2.18. The van der Waals surface area contributed by atoms with Crippen molar-refractivity contribution < 1.29 is 0 Å². The Kier molecular flexibility index (Phi) is 3.72. The molecule has 0 aliphatic carbocycles. The molecular formula is C22H18N2. The van der Waals surface area contributed by atoms with E-state index in [0.717, 1.165) is 28.5 Å². The van der Waals surface area contributed by atoms with Crippen LogP contribution < -0.4 is 0 Å². The van der Waals surface area contributed by atoms with Crippen molar-refractivity contribution in [1.29, 1.82) is 0 Å². The standard InChI is InChI=1S/C22H18N2/c1-17-21(18-11-5-2-6-12-18)24(20-15-9-4-10-16-20)22(23-17)19-13-7-3-8-14-19/h2-16H,1H3. The average Bonchev–Trinajstić information content (AvgIpc) is 3.01. The maximum atomic E-state index is 4.90. The SMILES string of the molecule is Cc1nc(-c2ccccc2)n(-c2ccccc2)c1-c1ccccc1. The number of hydrogen-bond donors (Lipinski definition) is 0. The lowest BCUT2D eigenvalue weighted by Gasteiger charge is -2.13.